The van der Waals surface area contributed by atoms with E-state index in [2.05, 4.69) is 26.1 Å². The Morgan fingerprint density at radius 1 is 1.22 bits per heavy atom. The average molecular weight is 279 g/mol. The Labute approximate surface area is 110 Å². The molecule has 0 saturated carbocycles. The van der Waals surface area contributed by atoms with Crippen molar-refractivity contribution < 1.29 is 13.2 Å². The fraction of sp³-hybridized carbons (Fsp3) is 0.692. The first-order valence-corrected chi connectivity index (χ1v) is 6.85. The van der Waals surface area contributed by atoms with E-state index in [0.717, 1.165) is 9.75 Å². The minimum Gasteiger partial charge on any atom is -0.309 e. The summed E-state index contributed by atoms with van der Waals surface area (Å²) in [6, 6.07) is 3.11. The molecule has 1 nitrogen and oxygen atoms in total. The molecule has 0 radical (unpaired) electrons. The number of hydrogen-bond acceptors (Lipinski definition) is 2. The Hall–Kier alpha value is -0.550. The van der Waals surface area contributed by atoms with Gasteiger partial charge in [-0.25, -0.2) is 0 Å². The van der Waals surface area contributed by atoms with Crippen LogP contribution in [0.1, 0.15) is 49.9 Å². The molecule has 0 aliphatic rings. The molecule has 0 aliphatic carbocycles. The predicted molar refractivity (Wildman–Crippen MR) is 70.1 cm³/mol. The summed E-state index contributed by atoms with van der Waals surface area (Å²) in [4.78, 5) is 1.88. The van der Waals surface area contributed by atoms with Crippen LogP contribution >= 0.6 is 11.3 Å². The molecule has 5 heteroatoms. The maximum atomic E-state index is 12.5. The third kappa shape index (κ3) is 4.61. The van der Waals surface area contributed by atoms with Crippen LogP contribution in [0.5, 0.6) is 0 Å². The molecule has 1 N–H and O–H groups in total. The molecule has 1 rings (SSSR count). The molecule has 0 bridgehead atoms. The van der Waals surface area contributed by atoms with Gasteiger partial charge in [0.15, 0.2) is 0 Å². The Morgan fingerprint density at radius 3 is 2.22 bits per heavy atom. The SMILES string of the molecule is CCNC(CC(F)(F)F)c1ccc(C(C)(C)C)s1. The van der Waals surface area contributed by atoms with Crippen LogP contribution in [0.2, 0.25) is 0 Å². The Morgan fingerprint density at radius 2 is 1.83 bits per heavy atom. The Bertz CT molecular complexity index is 376. The zero-order chi connectivity index (χ0) is 14.0. The molecule has 104 valence electrons. The maximum absolute atomic E-state index is 12.5. The van der Waals surface area contributed by atoms with Crippen molar-refractivity contribution in [3.05, 3.63) is 21.9 Å². The van der Waals surface area contributed by atoms with Crippen LogP contribution in [0.4, 0.5) is 13.2 Å². The highest BCUT2D eigenvalue weighted by molar-refractivity contribution is 7.12. The predicted octanol–water partition coefficient (Wildman–Crippen LogP) is 4.65. The lowest BCUT2D eigenvalue weighted by Gasteiger charge is -2.19. The van der Waals surface area contributed by atoms with Gasteiger partial charge in [-0.15, -0.1) is 11.3 Å². The minimum atomic E-state index is -4.14. The summed E-state index contributed by atoms with van der Waals surface area (Å²) in [5.74, 6) is 0. The van der Waals surface area contributed by atoms with Gasteiger partial charge in [-0.2, -0.15) is 13.2 Å². The van der Waals surface area contributed by atoms with Crippen LogP contribution in [0.25, 0.3) is 0 Å². The van der Waals surface area contributed by atoms with Gasteiger partial charge in [-0.3, -0.25) is 0 Å². The van der Waals surface area contributed by atoms with Crippen molar-refractivity contribution in [2.24, 2.45) is 0 Å². The number of alkyl halides is 3. The van der Waals surface area contributed by atoms with E-state index in [1.54, 1.807) is 0 Å². The number of nitrogens with one attached hydrogen (secondary N) is 1. The second-order valence-corrected chi connectivity index (χ2v) is 6.50. The van der Waals surface area contributed by atoms with Crippen molar-refractivity contribution in [2.45, 2.75) is 51.7 Å². The van der Waals surface area contributed by atoms with Gasteiger partial charge in [-0.05, 0) is 24.1 Å². The molecule has 0 amide bonds. The van der Waals surface area contributed by atoms with Crippen molar-refractivity contribution >= 4 is 11.3 Å². The number of rotatable bonds is 4. The number of thiophene rings is 1. The van der Waals surface area contributed by atoms with Crippen molar-refractivity contribution in [3.63, 3.8) is 0 Å². The monoisotopic (exact) mass is 279 g/mol. The molecule has 18 heavy (non-hydrogen) atoms. The highest BCUT2D eigenvalue weighted by Crippen LogP contribution is 2.36. The van der Waals surface area contributed by atoms with Crippen LogP contribution in [0.15, 0.2) is 12.1 Å². The van der Waals surface area contributed by atoms with Crippen molar-refractivity contribution in [2.75, 3.05) is 6.54 Å². The zero-order valence-electron chi connectivity index (χ0n) is 11.2. The van der Waals surface area contributed by atoms with Gasteiger partial charge in [-0.1, -0.05) is 27.7 Å². The summed E-state index contributed by atoms with van der Waals surface area (Å²) in [6.45, 7) is 8.54. The molecule has 1 atom stereocenters. The van der Waals surface area contributed by atoms with Gasteiger partial charge in [0.25, 0.3) is 0 Å². The van der Waals surface area contributed by atoms with Gasteiger partial charge >= 0.3 is 6.18 Å². The van der Waals surface area contributed by atoms with E-state index >= 15 is 0 Å². The standard InChI is InChI=1S/C13H20F3NS/c1-5-17-9(8-13(14,15)16)10-6-7-11(18-10)12(2,3)4/h6-7,9,17H,5,8H2,1-4H3. The minimum absolute atomic E-state index is 0.0160. The second kappa shape index (κ2) is 5.61. The molecule has 0 spiro atoms. The lowest BCUT2D eigenvalue weighted by Crippen LogP contribution is -2.25. The molecule has 0 aliphatic heterocycles. The van der Waals surface area contributed by atoms with Crippen LogP contribution in [-0.2, 0) is 5.41 Å². The largest absolute Gasteiger partial charge is 0.390 e. The van der Waals surface area contributed by atoms with Crippen LogP contribution in [0, 0.1) is 0 Å². The summed E-state index contributed by atoms with van der Waals surface area (Å²) in [5.41, 5.74) is -0.0160. The quantitative estimate of drug-likeness (QED) is 0.846. The summed E-state index contributed by atoms with van der Waals surface area (Å²) in [5, 5.41) is 2.91. The lowest BCUT2D eigenvalue weighted by molar-refractivity contribution is -0.140. The first-order chi connectivity index (χ1) is 8.13. The Kier molecular flexibility index (Phi) is 4.84. The first kappa shape index (κ1) is 15.5. The number of hydrogen-bond donors (Lipinski definition) is 1. The van der Waals surface area contributed by atoms with E-state index in [-0.39, 0.29) is 5.41 Å². The van der Waals surface area contributed by atoms with Gasteiger partial charge in [0.1, 0.15) is 0 Å². The Balaban J connectivity index is 2.89. The molecule has 1 aromatic rings. The fourth-order valence-electron chi connectivity index (χ4n) is 1.69. The van der Waals surface area contributed by atoms with E-state index in [1.807, 2.05) is 19.1 Å². The van der Waals surface area contributed by atoms with Gasteiger partial charge < -0.3 is 5.32 Å². The molecule has 1 heterocycles. The summed E-state index contributed by atoms with van der Waals surface area (Å²) < 4.78 is 37.6. The van der Waals surface area contributed by atoms with E-state index in [0.29, 0.717) is 6.54 Å². The molecule has 0 aromatic carbocycles. The maximum Gasteiger partial charge on any atom is 0.390 e. The lowest BCUT2D eigenvalue weighted by atomic mass is 9.95. The van der Waals surface area contributed by atoms with Gasteiger partial charge in [0, 0.05) is 9.75 Å². The van der Waals surface area contributed by atoms with E-state index in [4.69, 9.17) is 0 Å². The zero-order valence-corrected chi connectivity index (χ0v) is 12.0. The third-order valence-electron chi connectivity index (χ3n) is 2.60. The summed E-state index contributed by atoms with van der Waals surface area (Å²) in [6.07, 6.45) is -4.95. The van der Waals surface area contributed by atoms with E-state index in [1.165, 1.54) is 11.3 Å². The van der Waals surface area contributed by atoms with Crippen LogP contribution < -0.4 is 5.32 Å². The van der Waals surface area contributed by atoms with E-state index in [9.17, 15) is 13.2 Å². The van der Waals surface area contributed by atoms with Crippen molar-refractivity contribution in [1.82, 2.24) is 5.32 Å². The number of halogens is 3. The van der Waals surface area contributed by atoms with Gasteiger partial charge in [0.2, 0.25) is 0 Å². The highest BCUT2D eigenvalue weighted by atomic mass is 32.1. The molecule has 0 fully saturated rings. The van der Waals surface area contributed by atoms with Crippen molar-refractivity contribution in [3.8, 4) is 0 Å². The molecular formula is C13H20F3NS. The summed E-state index contributed by atoms with van der Waals surface area (Å²) in [7, 11) is 0. The van der Waals surface area contributed by atoms with E-state index < -0.39 is 18.6 Å². The van der Waals surface area contributed by atoms with Crippen LogP contribution in [-0.4, -0.2) is 12.7 Å². The highest BCUT2D eigenvalue weighted by Gasteiger charge is 2.33. The smallest absolute Gasteiger partial charge is 0.309 e. The molecular weight excluding hydrogens is 259 g/mol. The normalized spacial score (nSPS) is 14.8. The molecule has 1 unspecified atom stereocenters. The second-order valence-electron chi connectivity index (χ2n) is 5.38. The average Bonchev–Trinajstić information content (AvgIpc) is 2.62. The topological polar surface area (TPSA) is 12.0 Å². The fourth-order valence-corrected chi connectivity index (χ4v) is 2.84. The summed E-state index contributed by atoms with van der Waals surface area (Å²) >= 11 is 1.47. The molecule has 0 saturated heterocycles. The molecule has 1 aromatic heterocycles. The van der Waals surface area contributed by atoms with Gasteiger partial charge in [0.05, 0.1) is 12.5 Å². The van der Waals surface area contributed by atoms with Crippen molar-refractivity contribution in [1.29, 1.82) is 0 Å². The first-order valence-electron chi connectivity index (χ1n) is 6.04. The third-order valence-corrected chi connectivity index (χ3v) is 4.22. The van der Waals surface area contributed by atoms with Crippen LogP contribution in [0.3, 0.4) is 0 Å².